The van der Waals surface area contributed by atoms with E-state index in [1.165, 1.54) is 0 Å². The fourth-order valence-electron chi connectivity index (χ4n) is 4.34. The highest BCUT2D eigenvalue weighted by Crippen LogP contribution is 2.33. The number of hydrogen-bond acceptors (Lipinski definition) is 7. The molecule has 3 heterocycles. The van der Waals surface area contributed by atoms with Crippen LogP contribution in [0.1, 0.15) is 11.1 Å². The van der Waals surface area contributed by atoms with Crippen LogP contribution in [0.2, 0.25) is 0 Å². The van der Waals surface area contributed by atoms with Gasteiger partial charge in [-0.3, -0.25) is 0 Å². The Morgan fingerprint density at radius 3 is 2.75 bits per heavy atom. The topological polar surface area (TPSA) is 97.6 Å². The van der Waals surface area contributed by atoms with Gasteiger partial charge in [-0.2, -0.15) is 0 Å². The normalized spacial score (nSPS) is 19.1. The molecule has 3 N–H and O–H groups in total. The number of pyridine rings is 1. The number of nitrogens with two attached hydrogens (primary N) is 1. The minimum absolute atomic E-state index is 0.0436. The smallest absolute Gasteiger partial charge is 0.180 e. The van der Waals surface area contributed by atoms with Crippen LogP contribution in [0, 0.1) is 12.3 Å². The third kappa shape index (κ3) is 3.83. The number of para-hydroxylation sites is 1. The number of ether oxygens (including phenoxy) is 1. The van der Waals surface area contributed by atoms with Crippen molar-refractivity contribution in [3.63, 3.8) is 0 Å². The lowest BCUT2D eigenvalue weighted by Gasteiger charge is -2.40. The lowest BCUT2D eigenvalue weighted by atomic mass is 9.86. The van der Waals surface area contributed by atoms with Gasteiger partial charge in [-0.15, -0.1) is 0 Å². The van der Waals surface area contributed by atoms with Crippen molar-refractivity contribution in [2.24, 2.45) is 11.1 Å². The number of aromatic nitrogens is 1. The molecule has 168 valence electrons. The van der Waals surface area contributed by atoms with Crippen molar-refractivity contribution in [3.8, 4) is 0 Å². The van der Waals surface area contributed by atoms with Gasteiger partial charge in [0, 0.05) is 48.7 Å². The lowest BCUT2D eigenvalue weighted by Crippen LogP contribution is -2.52. The summed E-state index contributed by atoms with van der Waals surface area (Å²) in [6.07, 6.45) is 0. The van der Waals surface area contributed by atoms with Crippen LogP contribution in [0.25, 0.3) is 10.9 Å². The molecular formula is C24H28N4O3S. The highest BCUT2D eigenvalue weighted by Gasteiger charge is 2.37. The molecule has 3 aromatic rings. The molecular weight excluding hydrogens is 424 g/mol. The number of nitrogens with one attached hydrogen (secondary N) is 1. The van der Waals surface area contributed by atoms with E-state index in [-0.39, 0.29) is 11.2 Å². The zero-order valence-electron chi connectivity index (χ0n) is 18.2. The van der Waals surface area contributed by atoms with Crippen LogP contribution in [0.4, 0.5) is 11.5 Å². The molecule has 0 aliphatic carbocycles. The number of sulfone groups is 1. The van der Waals surface area contributed by atoms with Crippen LogP contribution in [-0.2, 0) is 21.1 Å². The van der Waals surface area contributed by atoms with Gasteiger partial charge in [0.1, 0.15) is 5.82 Å². The lowest BCUT2D eigenvalue weighted by molar-refractivity contribution is -0.0979. The molecule has 2 aliphatic rings. The van der Waals surface area contributed by atoms with Crippen LogP contribution in [0.3, 0.4) is 0 Å². The molecule has 32 heavy (non-hydrogen) atoms. The van der Waals surface area contributed by atoms with Crippen molar-refractivity contribution in [2.45, 2.75) is 18.4 Å². The predicted octanol–water partition coefficient (Wildman–Crippen LogP) is 2.72. The van der Waals surface area contributed by atoms with Gasteiger partial charge < -0.3 is 20.7 Å². The maximum Gasteiger partial charge on any atom is 0.180 e. The van der Waals surface area contributed by atoms with E-state index in [1.54, 1.807) is 6.07 Å². The summed E-state index contributed by atoms with van der Waals surface area (Å²) in [4.78, 5) is 7.38. The second-order valence-corrected chi connectivity index (χ2v) is 11.0. The van der Waals surface area contributed by atoms with E-state index in [0.717, 1.165) is 33.5 Å². The van der Waals surface area contributed by atoms with Crippen molar-refractivity contribution < 1.29 is 13.2 Å². The first-order valence-electron chi connectivity index (χ1n) is 10.9. The summed E-state index contributed by atoms with van der Waals surface area (Å²) in [5.74, 6) is 0.829. The number of benzene rings is 2. The zero-order valence-corrected chi connectivity index (χ0v) is 19.0. The van der Waals surface area contributed by atoms with Gasteiger partial charge >= 0.3 is 0 Å². The molecule has 0 unspecified atom stereocenters. The number of hydrogen-bond donors (Lipinski definition) is 2. The van der Waals surface area contributed by atoms with Crippen LogP contribution < -0.4 is 16.0 Å². The maximum atomic E-state index is 12.9. The molecule has 1 fully saturated rings. The van der Waals surface area contributed by atoms with E-state index in [2.05, 4.69) is 10.2 Å². The molecule has 0 saturated carbocycles. The summed E-state index contributed by atoms with van der Waals surface area (Å²) in [7, 11) is -3.34. The summed E-state index contributed by atoms with van der Waals surface area (Å²) in [5, 5.41) is 4.60. The van der Waals surface area contributed by atoms with Gasteiger partial charge in [0.05, 0.1) is 29.4 Å². The Morgan fingerprint density at radius 2 is 2.00 bits per heavy atom. The van der Waals surface area contributed by atoms with Gasteiger partial charge in [0.25, 0.3) is 0 Å². The molecule has 8 heteroatoms. The molecule has 1 saturated heterocycles. The average molecular weight is 453 g/mol. The molecule has 0 radical (unpaired) electrons. The number of aryl methyl sites for hydroxylation is 1. The molecule has 2 aromatic carbocycles. The molecule has 0 bridgehead atoms. The zero-order chi connectivity index (χ0) is 22.3. The first kappa shape index (κ1) is 21.2. The molecule has 7 nitrogen and oxygen atoms in total. The van der Waals surface area contributed by atoms with E-state index >= 15 is 0 Å². The molecule has 0 spiro atoms. The highest BCUT2D eigenvalue weighted by atomic mass is 32.2. The largest absolute Gasteiger partial charge is 0.384 e. The van der Waals surface area contributed by atoms with Crippen molar-refractivity contribution in [3.05, 3.63) is 59.7 Å². The highest BCUT2D eigenvalue weighted by molar-refractivity contribution is 7.91. The van der Waals surface area contributed by atoms with Crippen LogP contribution in [-0.4, -0.2) is 52.0 Å². The van der Waals surface area contributed by atoms with E-state index in [0.29, 0.717) is 44.3 Å². The van der Waals surface area contributed by atoms with E-state index < -0.39 is 9.84 Å². The SMILES string of the molecule is Cc1ccc2c(c1)S(=O)(=O)CCN(c1cc(NCC3(CN)COC3)c3ccccc3n1)C2. The Balaban J connectivity index is 1.52. The van der Waals surface area contributed by atoms with E-state index in [9.17, 15) is 8.42 Å². The standard InChI is InChI=1S/C24H28N4O3S/c1-17-6-7-18-12-28(8-9-32(29,30)22(18)10-17)23-11-21(19-4-2-3-5-20(19)27-23)26-14-24(13-25)15-31-16-24/h2-7,10-11H,8-9,12-16,25H2,1H3,(H,26,27). The molecule has 2 aliphatic heterocycles. The summed E-state index contributed by atoms with van der Waals surface area (Å²) < 4.78 is 31.2. The number of rotatable bonds is 5. The van der Waals surface area contributed by atoms with Crippen LogP contribution >= 0.6 is 0 Å². The Bertz CT molecular complexity index is 1270. The fourth-order valence-corrected chi connectivity index (χ4v) is 5.92. The predicted molar refractivity (Wildman–Crippen MR) is 127 cm³/mol. The fraction of sp³-hybridized carbons (Fsp3) is 0.375. The van der Waals surface area contributed by atoms with Crippen molar-refractivity contribution in [2.75, 3.05) is 48.8 Å². The monoisotopic (exact) mass is 452 g/mol. The molecule has 1 aromatic heterocycles. The third-order valence-electron chi connectivity index (χ3n) is 6.48. The van der Waals surface area contributed by atoms with Gasteiger partial charge in [-0.05, 0) is 30.2 Å². The number of nitrogens with zero attached hydrogens (tertiary/aromatic N) is 2. The van der Waals surface area contributed by atoms with E-state index in [1.807, 2.05) is 49.4 Å². The second-order valence-electron chi connectivity index (χ2n) is 8.95. The van der Waals surface area contributed by atoms with Gasteiger partial charge in [-0.25, -0.2) is 13.4 Å². The number of fused-ring (bicyclic) bond motifs is 2. The Labute approximate surface area is 188 Å². The summed E-state index contributed by atoms with van der Waals surface area (Å²) >= 11 is 0. The summed E-state index contributed by atoms with van der Waals surface area (Å²) in [6, 6.07) is 15.7. The quantitative estimate of drug-likeness (QED) is 0.614. The molecule has 0 amide bonds. The average Bonchev–Trinajstić information content (AvgIpc) is 2.89. The maximum absolute atomic E-state index is 12.9. The van der Waals surface area contributed by atoms with Gasteiger partial charge in [0.2, 0.25) is 0 Å². The van der Waals surface area contributed by atoms with E-state index in [4.69, 9.17) is 15.5 Å². The van der Waals surface area contributed by atoms with Crippen molar-refractivity contribution >= 4 is 32.2 Å². The Kier molecular flexibility index (Phi) is 5.31. The molecule has 0 atom stereocenters. The third-order valence-corrected chi connectivity index (χ3v) is 8.25. The van der Waals surface area contributed by atoms with Crippen molar-refractivity contribution in [1.82, 2.24) is 4.98 Å². The Morgan fingerprint density at radius 1 is 1.19 bits per heavy atom. The molecule has 5 rings (SSSR count). The second kappa shape index (κ2) is 8.03. The minimum Gasteiger partial charge on any atom is -0.384 e. The van der Waals surface area contributed by atoms with Gasteiger partial charge in [0.15, 0.2) is 9.84 Å². The summed E-state index contributed by atoms with van der Waals surface area (Å²) in [6.45, 7) is 5.41. The summed E-state index contributed by atoms with van der Waals surface area (Å²) in [5.41, 5.74) is 9.55. The minimum atomic E-state index is -3.34. The Hall–Kier alpha value is -2.68. The van der Waals surface area contributed by atoms with Crippen LogP contribution in [0.15, 0.2) is 53.4 Å². The van der Waals surface area contributed by atoms with Crippen LogP contribution in [0.5, 0.6) is 0 Å². The first-order valence-corrected chi connectivity index (χ1v) is 12.5. The van der Waals surface area contributed by atoms with Gasteiger partial charge in [-0.1, -0.05) is 30.3 Å². The van der Waals surface area contributed by atoms with Crippen molar-refractivity contribution in [1.29, 1.82) is 0 Å². The first-order chi connectivity index (χ1) is 15.4. The number of anilines is 2.